The van der Waals surface area contributed by atoms with Crippen molar-refractivity contribution in [2.45, 2.75) is 12.4 Å². The van der Waals surface area contributed by atoms with Gasteiger partial charge in [-0.3, -0.25) is 9.59 Å². The van der Waals surface area contributed by atoms with Crippen LogP contribution in [0.25, 0.3) is 11.1 Å². The molecule has 2 nitrogen and oxygen atoms in total. The highest BCUT2D eigenvalue weighted by molar-refractivity contribution is 6.51. The lowest BCUT2D eigenvalue weighted by molar-refractivity contribution is -0.138. The summed E-state index contributed by atoms with van der Waals surface area (Å²) in [5.74, 6) is -1.49. The summed E-state index contributed by atoms with van der Waals surface area (Å²) in [6, 6.07) is 13.3. The smallest absolute Gasteiger partial charge is 0.289 e. The van der Waals surface area contributed by atoms with Crippen molar-refractivity contribution < 1.29 is 35.9 Å². The topological polar surface area (TPSA) is 34.1 Å². The fraction of sp³-hybridized carbons (Fsp3) is 0.0833. The van der Waals surface area contributed by atoms with E-state index >= 15 is 0 Å². The minimum Gasteiger partial charge on any atom is -0.289 e. The van der Waals surface area contributed by atoms with Crippen LogP contribution in [0.1, 0.15) is 43.0 Å². The molecular weight excluding hydrogens is 434 g/mol. The maximum Gasteiger partial charge on any atom is 0.416 e. The first kappa shape index (κ1) is 21.5. The predicted octanol–water partition coefficient (Wildman–Crippen LogP) is 6.71. The number of carbonyl (C=O) groups excluding carboxylic acids is 2. The molecule has 1 aliphatic carbocycles. The summed E-state index contributed by atoms with van der Waals surface area (Å²) < 4.78 is 79.6. The Labute approximate surface area is 177 Å². The first-order valence-electron chi connectivity index (χ1n) is 9.26. The van der Waals surface area contributed by atoms with E-state index in [2.05, 4.69) is 0 Å². The SMILES string of the molecule is O=C1C(c2cccc(C(F)(F)F)c2)=C(c2cccc(C(F)(F)F)c2)C(=O)c2ccccc21. The lowest BCUT2D eigenvalue weighted by Crippen LogP contribution is -2.21. The zero-order chi connectivity index (χ0) is 23.3. The van der Waals surface area contributed by atoms with Gasteiger partial charge < -0.3 is 0 Å². The van der Waals surface area contributed by atoms with Gasteiger partial charge in [-0.1, -0.05) is 48.5 Å². The predicted molar refractivity (Wildman–Crippen MR) is 105 cm³/mol. The molecule has 162 valence electrons. The standard InChI is InChI=1S/C24H12F6O2/c25-23(26,27)15-7-3-5-13(11-15)19-20(14-6-4-8-16(12-14)24(28,29)30)22(32)18-10-2-1-9-17(18)21(19)31/h1-12H. The van der Waals surface area contributed by atoms with E-state index < -0.39 is 35.0 Å². The summed E-state index contributed by atoms with van der Waals surface area (Å²) in [4.78, 5) is 26.6. The van der Waals surface area contributed by atoms with Crippen LogP contribution < -0.4 is 0 Å². The van der Waals surface area contributed by atoms with Gasteiger partial charge in [-0.15, -0.1) is 0 Å². The van der Waals surface area contributed by atoms with Crippen LogP contribution in [0.15, 0.2) is 72.8 Å². The van der Waals surface area contributed by atoms with Crippen molar-refractivity contribution in [1.82, 2.24) is 0 Å². The van der Waals surface area contributed by atoms with Crippen molar-refractivity contribution in [2.24, 2.45) is 0 Å². The van der Waals surface area contributed by atoms with Crippen LogP contribution in [-0.4, -0.2) is 11.6 Å². The third-order valence-electron chi connectivity index (χ3n) is 5.08. The van der Waals surface area contributed by atoms with E-state index in [1.165, 1.54) is 36.4 Å². The normalized spacial score (nSPS) is 14.6. The molecule has 8 heteroatoms. The van der Waals surface area contributed by atoms with Crippen LogP contribution in [0, 0.1) is 0 Å². The Hall–Kier alpha value is -3.68. The fourth-order valence-corrected chi connectivity index (χ4v) is 3.63. The Balaban J connectivity index is 2.04. The summed E-state index contributed by atoms with van der Waals surface area (Å²) >= 11 is 0. The van der Waals surface area contributed by atoms with E-state index in [0.717, 1.165) is 24.3 Å². The number of carbonyl (C=O) groups is 2. The molecule has 3 aromatic rings. The molecule has 0 atom stereocenters. The van der Waals surface area contributed by atoms with Gasteiger partial charge in [0, 0.05) is 22.3 Å². The molecule has 0 saturated carbocycles. The molecule has 32 heavy (non-hydrogen) atoms. The number of halogens is 6. The number of Topliss-reactive ketones (excluding diaryl/α,β-unsaturated/α-hetero) is 2. The van der Waals surface area contributed by atoms with Crippen molar-refractivity contribution in [3.63, 3.8) is 0 Å². The molecule has 0 amide bonds. The summed E-state index contributed by atoms with van der Waals surface area (Å²) in [7, 11) is 0. The van der Waals surface area contributed by atoms with E-state index in [-0.39, 0.29) is 33.4 Å². The van der Waals surface area contributed by atoms with Gasteiger partial charge in [0.1, 0.15) is 0 Å². The van der Waals surface area contributed by atoms with Crippen LogP contribution in [0.5, 0.6) is 0 Å². The summed E-state index contributed by atoms with van der Waals surface area (Å²) in [6.07, 6.45) is -9.43. The highest BCUT2D eigenvalue weighted by atomic mass is 19.4. The van der Waals surface area contributed by atoms with Crippen molar-refractivity contribution in [3.05, 3.63) is 106 Å². The summed E-state index contributed by atoms with van der Waals surface area (Å²) in [5.41, 5.74) is -3.32. The van der Waals surface area contributed by atoms with Gasteiger partial charge in [-0.2, -0.15) is 26.3 Å². The zero-order valence-electron chi connectivity index (χ0n) is 16.0. The van der Waals surface area contributed by atoms with Crippen molar-refractivity contribution in [3.8, 4) is 0 Å². The van der Waals surface area contributed by atoms with Crippen LogP contribution in [0.3, 0.4) is 0 Å². The Kier molecular flexibility index (Phi) is 5.03. The van der Waals surface area contributed by atoms with Crippen LogP contribution in [0.2, 0.25) is 0 Å². The molecule has 0 bridgehead atoms. The third kappa shape index (κ3) is 3.72. The van der Waals surface area contributed by atoms with Crippen molar-refractivity contribution in [1.29, 1.82) is 0 Å². The average molecular weight is 446 g/mol. The number of fused-ring (bicyclic) bond motifs is 1. The van der Waals surface area contributed by atoms with Crippen LogP contribution in [0.4, 0.5) is 26.3 Å². The molecule has 0 radical (unpaired) electrons. The molecule has 0 N–H and O–H groups in total. The van der Waals surface area contributed by atoms with E-state index in [1.807, 2.05) is 0 Å². The number of benzene rings is 3. The fourth-order valence-electron chi connectivity index (χ4n) is 3.63. The van der Waals surface area contributed by atoms with Gasteiger partial charge in [-0.25, -0.2) is 0 Å². The summed E-state index contributed by atoms with van der Waals surface area (Å²) in [5, 5.41) is 0. The second-order valence-electron chi connectivity index (χ2n) is 7.11. The number of hydrogen-bond acceptors (Lipinski definition) is 2. The first-order chi connectivity index (χ1) is 15.0. The quantitative estimate of drug-likeness (QED) is 0.410. The van der Waals surface area contributed by atoms with Gasteiger partial charge in [0.05, 0.1) is 11.1 Å². The molecule has 0 aromatic heterocycles. The van der Waals surface area contributed by atoms with Crippen molar-refractivity contribution in [2.75, 3.05) is 0 Å². The Morgan fingerprint density at radius 2 is 0.875 bits per heavy atom. The maximum atomic E-state index is 13.3. The highest BCUT2D eigenvalue weighted by Crippen LogP contribution is 2.40. The average Bonchev–Trinajstić information content (AvgIpc) is 2.75. The number of alkyl halides is 6. The zero-order valence-corrected chi connectivity index (χ0v) is 16.0. The lowest BCUT2D eigenvalue weighted by atomic mass is 9.78. The molecule has 0 spiro atoms. The molecule has 0 saturated heterocycles. The molecular formula is C24H12F6O2. The Morgan fingerprint density at radius 3 is 1.22 bits per heavy atom. The second kappa shape index (κ2) is 7.47. The molecule has 3 aromatic carbocycles. The van der Waals surface area contributed by atoms with Crippen LogP contribution >= 0.6 is 0 Å². The molecule has 0 aliphatic heterocycles. The molecule has 0 unspecified atom stereocenters. The second-order valence-corrected chi connectivity index (χ2v) is 7.11. The van der Waals surface area contributed by atoms with Gasteiger partial charge in [0.25, 0.3) is 0 Å². The minimum atomic E-state index is -4.72. The lowest BCUT2D eigenvalue weighted by Gasteiger charge is -2.22. The molecule has 0 fully saturated rings. The number of rotatable bonds is 2. The van der Waals surface area contributed by atoms with Crippen LogP contribution in [-0.2, 0) is 12.4 Å². The maximum absolute atomic E-state index is 13.3. The van der Waals surface area contributed by atoms with E-state index in [0.29, 0.717) is 12.1 Å². The number of hydrogen-bond donors (Lipinski definition) is 0. The number of ketones is 2. The summed E-state index contributed by atoms with van der Waals surface area (Å²) in [6.45, 7) is 0. The van der Waals surface area contributed by atoms with E-state index in [1.54, 1.807) is 0 Å². The first-order valence-corrected chi connectivity index (χ1v) is 9.26. The molecule has 0 heterocycles. The van der Waals surface area contributed by atoms with E-state index in [4.69, 9.17) is 0 Å². The van der Waals surface area contributed by atoms with Gasteiger partial charge in [-0.05, 0) is 35.4 Å². The number of allylic oxidation sites excluding steroid dienone is 2. The minimum absolute atomic E-state index is 0.0272. The van der Waals surface area contributed by atoms with Gasteiger partial charge in [0.2, 0.25) is 0 Å². The van der Waals surface area contributed by atoms with E-state index in [9.17, 15) is 35.9 Å². The monoisotopic (exact) mass is 446 g/mol. The van der Waals surface area contributed by atoms with Gasteiger partial charge in [0.15, 0.2) is 11.6 Å². The molecule has 4 rings (SSSR count). The Bertz CT molecular complexity index is 1180. The van der Waals surface area contributed by atoms with Gasteiger partial charge >= 0.3 is 12.4 Å². The largest absolute Gasteiger partial charge is 0.416 e. The Morgan fingerprint density at radius 1 is 0.500 bits per heavy atom. The molecule has 1 aliphatic rings. The van der Waals surface area contributed by atoms with Crippen molar-refractivity contribution >= 4 is 22.7 Å². The third-order valence-corrected chi connectivity index (χ3v) is 5.08. The highest BCUT2D eigenvalue weighted by Gasteiger charge is 2.37.